The molecule has 4 aliphatic carbocycles. The predicted molar refractivity (Wildman–Crippen MR) is 81.4 cm³/mol. The number of amides is 1. The molecule has 6 heteroatoms. The first kappa shape index (κ1) is 14.7. The molecule has 4 bridgehead atoms. The van der Waals surface area contributed by atoms with E-state index in [0.29, 0.717) is 23.4 Å². The van der Waals surface area contributed by atoms with Gasteiger partial charge < -0.3 is 14.6 Å². The molecule has 0 aromatic carbocycles. The van der Waals surface area contributed by atoms with Crippen LogP contribution in [0.5, 0.6) is 0 Å². The predicted octanol–water partition coefficient (Wildman–Crippen LogP) is 2.54. The van der Waals surface area contributed by atoms with E-state index >= 15 is 0 Å². The quantitative estimate of drug-likeness (QED) is 0.863. The molecule has 0 radical (unpaired) electrons. The van der Waals surface area contributed by atoms with Crippen molar-refractivity contribution in [1.82, 2.24) is 5.16 Å². The Morgan fingerprint density at radius 3 is 2.43 bits per heavy atom. The Balaban J connectivity index is 1.31. The van der Waals surface area contributed by atoms with Crippen LogP contribution in [0.15, 0.2) is 10.6 Å². The summed E-state index contributed by atoms with van der Waals surface area (Å²) in [4.78, 5) is 24.3. The van der Waals surface area contributed by atoms with Gasteiger partial charge in [-0.15, -0.1) is 0 Å². The Bertz CT molecular complexity index is 596. The number of aryl methyl sites for hydroxylation is 1. The molecule has 4 aliphatic rings. The topological polar surface area (TPSA) is 81.4 Å². The fourth-order valence-corrected chi connectivity index (χ4v) is 5.15. The van der Waals surface area contributed by atoms with Crippen LogP contribution < -0.4 is 5.32 Å². The van der Waals surface area contributed by atoms with Crippen molar-refractivity contribution in [1.29, 1.82) is 0 Å². The molecule has 1 aromatic rings. The van der Waals surface area contributed by atoms with E-state index in [0.717, 1.165) is 37.5 Å². The number of rotatable bonds is 4. The van der Waals surface area contributed by atoms with Gasteiger partial charge in [-0.25, -0.2) is 0 Å². The molecule has 1 heterocycles. The maximum absolute atomic E-state index is 12.5. The molecule has 0 spiro atoms. The van der Waals surface area contributed by atoms with E-state index in [1.54, 1.807) is 13.0 Å². The molecule has 124 valence electrons. The lowest BCUT2D eigenvalue weighted by Gasteiger charge is -2.53. The Kier molecular flexibility index (Phi) is 3.62. The van der Waals surface area contributed by atoms with E-state index in [1.807, 2.05) is 0 Å². The number of anilines is 1. The summed E-state index contributed by atoms with van der Waals surface area (Å²) < 4.78 is 10.2. The molecular weight excluding hydrogens is 296 g/mol. The molecule has 4 fully saturated rings. The van der Waals surface area contributed by atoms with Gasteiger partial charge in [0.1, 0.15) is 5.76 Å². The van der Waals surface area contributed by atoms with E-state index in [-0.39, 0.29) is 24.4 Å². The maximum Gasteiger partial charge on any atom is 0.310 e. The number of hydrogen-bond acceptors (Lipinski definition) is 5. The lowest BCUT2D eigenvalue weighted by molar-refractivity contribution is -0.164. The van der Waals surface area contributed by atoms with Gasteiger partial charge in [-0.3, -0.25) is 9.59 Å². The summed E-state index contributed by atoms with van der Waals surface area (Å²) in [5.74, 6) is 2.98. The normalized spacial score (nSPS) is 34.4. The van der Waals surface area contributed by atoms with Crippen LogP contribution in [0.25, 0.3) is 0 Å². The molecule has 1 N–H and O–H groups in total. The summed E-state index contributed by atoms with van der Waals surface area (Å²) >= 11 is 0. The van der Waals surface area contributed by atoms with Crippen LogP contribution in [0.4, 0.5) is 5.82 Å². The van der Waals surface area contributed by atoms with Crippen molar-refractivity contribution >= 4 is 17.7 Å². The van der Waals surface area contributed by atoms with E-state index in [1.165, 1.54) is 6.42 Å². The number of nitrogens with zero attached hydrogens (tertiary/aromatic N) is 1. The molecule has 1 aromatic heterocycles. The third-order valence-corrected chi connectivity index (χ3v) is 5.74. The van der Waals surface area contributed by atoms with Gasteiger partial charge in [-0.1, -0.05) is 5.16 Å². The van der Waals surface area contributed by atoms with Gasteiger partial charge in [-0.2, -0.15) is 0 Å². The lowest BCUT2D eigenvalue weighted by Crippen LogP contribution is -2.48. The third-order valence-electron chi connectivity index (χ3n) is 5.74. The minimum Gasteiger partial charge on any atom is -0.455 e. The van der Waals surface area contributed by atoms with Crippen LogP contribution in [0.1, 0.15) is 37.9 Å². The fraction of sp³-hybridized carbons (Fsp3) is 0.706. The highest BCUT2D eigenvalue weighted by Crippen LogP contribution is 2.56. The third kappa shape index (κ3) is 2.86. The van der Waals surface area contributed by atoms with E-state index in [9.17, 15) is 9.59 Å². The average Bonchev–Trinajstić information content (AvgIpc) is 2.89. The standard InChI is InChI=1S/C17H22N2O4/c1-9-2-14(19-23-9)18-15(20)8-22-17(21)16-12-4-10-3-11(6-12)7-13(16)5-10/h2,10-13,16H,3-8H2,1H3,(H,18,19,20). The highest BCUT2D eigenvalue weighted by Gasteiger charge is 2.51. The molecular formula is C17H22N2O4. The second kappa shape index (κ2) is 5.65. The van der Waals surface area contributed by atoms with Gasteiger partial charge in [0.25, 0.3) is 5.91 Å². The highest BCUT2D eigenvalue weighted by atomic mass is 16.5. The van der Waals surface area contributed by atoms with Gasteiger partial charge in [0.15, 0.2) is 12.4 Å². The van der Waals surface area contributed by atoms with Crippen molar-refractivity contribution in [3.63, 3.8) is 0 Å². The molecule has 23 heavy (non-hydrogen) atoms. The van der Waals surface area contributed by atoms with Crippen molar-refractivity contribution < 1.29 is 18.8 Å². The smallest absolute Gasteiger partial charge is 0.310 e. The molecule has 0 aliphatic heterocycles. The Hall–Kier alpha value is -1.85. The summed E-state index contributed by atoms with van der Waals surface area (Å²) in [6, 6.07) is 1.62. The monoisotopic (exact) mass is 318 g/mol. The van der Waals surface area contributed by atoms with Crippen LogP contribution in [-0.4, -0.2) is 23.6 Å². The first-order chi connectivity index (χ1) is 11.1. The van der Waals surface area contributed by atoms with Crippen LogP contribution in [0.2, 0.25) is 0 Å². The van der Waals surface area contributed by atoms with Crippen LogP contribution in [0.3, 0.4) is 0 Å². The van der Waals surface area contributed by atoms with Crippen LogP contribution >= 0.6 is 0 Å². The molecule has 0 unspecified atom stereocenters. The lowest BCUT2D eigenvalue weighted by atomic mass is 9.52. The summed E-state index contributed by atoms with van der Waals surface area (Å²) in [6.07, 6.45) is 6.01. The van der Waals surface area contributed by atoms with Gasteiger partial charge >= 0.3 is 5.97 Å². The van der Waals surface area contributed by atoms with Crippen molar-refractivity contribution in [3.8, 4) is 0 Å². The Labute approximate surface area is 134 Å². The largest absolute Gasteiger partial charge is 0.455 e. The summed E-state index contributed by atoms with van der Waals surface area (Å²) in [5, 5.41) is 6.25. The minimum atomic E-state index is -0.379. The van der Waals surface area contributed by atoms with E-state index in [4.69, 9.17) is 9.26 Å². The number of carbonyl (C=O) groups excluding carboxylic acids is 2. The SMILES string of the molecule is Cc1cc(NC(=O)COC(=O)C2C3CC4CC(C3)CC2C4)no1. The molecule has 5 rings (SSSR count). The van der Waals surface area contributed by atoms with Crippen molar-refractivity contribution in [2.24, 2.45) is 29.6 Å². The number of esters is 1. The minimum absolute atomic E-state index is 0.00453. The van der Waals surface area contributed by atoms with Crippen LogP contribution in [-0.2, 0) is 14.3 Å². The summed E-state index contributed by atoms with van der Waals surface area (Å²) in [6.45, 7) is 1.49. The van der Waals surface area contributed by atoms with Gasteiger partial charge in [0, 0.05) is 6.07 Å². The zero-order valence-corrected chi connectivity index (χ0v) is 13.3. The zero-order chi connectivity index (χ0) is 16.0. The number of hydrogen-bond donors (Lipinski definition) is 1. The number of aromatic nitrogens is 1. The molecule has 4 saturated carbocycles. The second-order valence-corrected chi connectivity index (χ2v) is 7.44. The van der Waals surface area contributed by atoms with Crippen LogP contribution in [0, 0.1) is 36.5 Å². The van der Waals surface area contributed by atoms with Gasteiger partial charge in [0.05, 0.1) is 5.92 Å². The Morgan fingerprint density at radius 2 is 1.87 bits per heavy atom. The zero-order valence-electron chi connectivity index (χ0n) is 13.3. The maximum atomic E-state index is 12.5. The van der Waals surface area contributed by atoms with Gasteiger partial charge in [-0.05, 0) is 62.7 Å². The second-order valence-electron chi connectivity index (χ2n) is 7.44. The van der Waals surface area contributed by atoms with E-state index in [2.05, 4.69) is 10.5 Å². The first-order valence-corrected chi connectivity index (χ1v) is 8.48. The fourth-order valence-electron chi connectivity index (χ4n) is 5.15. The molecule has 0 saturated heterocycles. The van der Waals surface area contributed by atoms with Gasteiger partial charge in [0.2, 0.25) is 0 Å². The highest BCUT2D eigenvalue weighted by molar-refractivity contribution is 5.92. The van der Waals surface area contributed by atoms with Crippen molar-refractivity contribution in [3.05, 3.63) is 11.8 Å². The summed E-state index contributed by atoms with van der Waals surface area (Å²) in [7, 11) is 0. The molecule has 0 atom stereocenters. The number of ether oxygens (including phenoxy) is 1. The number of carbonyl (C=O) groups is 2. The number of nitrogens with one attached hydrogen (secondary N) is 1. The first-order valence-electron chi connectivity index (χ1n) is 8.48. The molecule has 6 nitrogen and oxygen atoms in total. The summed E-state index contributed by atoms with van der Waals surface area (Å²) in [5.41, 5.74) is 0. The molecule has 1 amide bonds. The van der Waals surface area contributed by atoms with Crippen molar-refractivity contribution in [2.75, 3.05) is 11.9 Å². The Morgan fingerprint density at radius 1 is 1.22 bits per heavy atom. The average molecular weight is 318 g/mol. The van der Waals surface area contributed by atoms with Crippen molar-refractivity contribution in [2.45, 2.75) is 39.0 Å². The van der Waals surface area contributed by atoms with E-state index < -0.39 is 0 Å².